The normalized spacial score (nSPS) is 10.2. The second kappa shape index (κ2) is 4.51. The molecule has 0 spiro atoms. The quantitative estimate of drug-likeness (QED) is 0.633. The number of methoxy groups -OCH3 is 1. The molecule has 0 bridgehead atoms. The number of nitrogen functional groups attached to an aromatic ring is 1. The molecule has 1 aromatic heterocycles. The van der Waals surface area contributed by atoms with Crippen LogP contribution in [0.1, 0.15) is 5.69 Å². The van der Waals surface area contributed by atoms with Gasteiger partial charge < -0.3 is 10.2 Å². The predicted octanol–water partition coefficient (Wildman–Crippen LogP) is 2.41. The maximum Gasteiger partial charge on any atom is 0.126 e. The van der Waals surface area contributed by atoms with Crippen molar-refractivity contribution in [1.29, 1.82) is 0 Å². The van der Waals surface area contributed by atoms with Crippen molar-refractivity contribution in [2.24, 2.45) is 5.84 Å². The number of aryl methyl sites for hydroxylation is 1. The fourth-order valence-corrected chi connectivity index (χ4v) is 2.28. The lowest BCUT2D eigenvalue weighted by Crippen LogP contribution is -2.05. The van der Waals surface area contributed by atoms with Crippen molar-refractivity contribution >= 4 is 16.3 Å². The highest BCUT2D eigenvalue weighted by Gasteiger charge is 2.08. The fraction of sp³-hybridized carbons (Fsp3) is 0.182. The first-order chi connectivity index (χ1) is 7.74. The molecule has 0 fully saturated rings. The van der Waals surface area contributed by atoms with Crippen molar-refractivity contribution in [2.45, 2.75) is 6.92 Å². The van der Waals surface area contributed by atoms with Crippen LogP contribution in [0.5, 0.6) is 5.75 Å². The van der Waals surface area contributed by atoms with Crippen LogP contribution in [0.2, 0.25) is 0 Å². The zero-order valence-electron chi connectivity index (χ0n) is 9.15. The van der Waals surface area contributed by atoms with Crippen LogP contribution >= 0.6 is 11.3 Å². The lowest BCUT2D eigenvalue weighted by Gasteiger charge is -2.00. The third-order valence-corrected chi connectivity index (χ3v) is 3.38. The van der Waals surface area contributed by atoms with E-state index in [0.717, 1.165) is 27.0 Å². The summed E-state index contributed by atoms with van der Waals surface area (Å²) in [6.07, 6.45) is 0. The number of thiazole rings is 1. The van der Waals surface area contributed by atoms with E-state index >= 15 is 0 Å². The second-order valence-corrected chi connectivity index (χ2v) is 4.31. The average molecular weight is 235 g/mol. The van der Waals surface area contributed by atoms with Gasteiger partial charge in [0.15, 0.2) is 0 Å². The molecular weight excluding hydrogens is 222 g/mol. The summed E-state index contributed by atoms with van der Waals surface area (Å²) in [5.74, 6) is 6.22. The highest BCUT2D eigenvalue weighted by atomic mass is 32.1. The van der Waals surface area contributed by atoms with E-state index < -0.39 is 0 Å². The third kappa shape index (κ3) is 2.00. The summed E-state index contributed by atoms with van der Waals surface area (Å²) in [6.45, 7) is 1.93. The summed E-state index contributed by atoms with van der Waals surface area (Å²) in [6, 6.07) is 7.81. The molecule has 2 rings (SSSR count). The van der Waals surface area contributed by atoms with Gasteiger partial charge in [-0.05, 0) is 19.1 Å². The fourth-order valence-electron chi connectivity index (χ4n) is 1.41. The van der Waals surface area contributed by atoms with E-state index in [1.165, 1.54) is 11.3 Å². The molecule has 16 heavy (non-hydrogen) atoms. The standard InChI is InChI=1S/C11H13N3OS/c1-7-10(14-12)16-11(13-7)8-4-3-5-9(6-8)15-2/h3-6,14H,12H2,1-2H3. The Labute approximate surface area is 98.1 Å². The molecule has 0 amide bonds. The molecule has 0 aliphatic heterocycles. The van der Waals surface area contributed by atoms with E-state index in [1.54, 1.807) is 7.11 Å². The van der Waals surface area contributed by atoms with Gasteiger partial charge in [-0.2, -0.15) is 0 Å². The average Bonchev–Trinajstić information content (AvgIpc) is 2.71. The number of hydrogen-bond donors (Lipinski definition) is 2. The van der Waals surface area contributed by atoms with Crippen LogP contribution in [0.25, 0.3) is 10.6 Å². The molecule has 0 unspecified atom stereocenters. The van der Waals surface area contributed by atoms with Gasteiger partial charge in [-0.25, -0.2) is 10.8 Å². The van der Waals surface area contributed by atoms with Gasteiger partial charge in [0.05, 0.1) is 12.8 Å². The minimum Gasteiger partial charge on any atom is -0.497 e. The Balaban J connectivity index is 2.41. The van der Waals surface area contributed by atoms with E-state index in [1.807, 2.05) is 31.2 Å². The zero-order chi connectivity index (χ0) is 11.5. The maximum atomic E-state index is 5.39. The van der Waals surface area contributed by atoms with Crippen LogP contribution < -0.4 is 16.0 Å². The number of hydrogen-bond acceptors (Lipinski definition) is 5. The van der Waals surface area contributed by atoms with Crippen LogP contribution in [0, 0.1) is 6.92 Å². The van der Waals surface area contributed by atoms with Crippen molar-refractivity contribution < 1.29 is 4.74 Å². The zero-order valence-corrected chi connectivity index (χ0v) is 9.97. The number of benzene rings is 1. The van der Waals surface area contributed by atoms with Crippen LogP contribution in [0.3, 0.4) is 0 Å². The molecule has 4 nitrogen and oxygen atoms in total. The highest BCUT2D eigenvalue weighted by Crippen LogP contribution is 2.32. The molecule has 1 aromatic carbocycles. The Kier molecular flexibility index (Phi) is 3.07. The van der Waals surface area contributed by atoms with Crippen LogP contribution in [-0.4, -0.2) is 12.1 Å². The number of nitrogens with two attached hydrogens (primary N) is 1. The Morgan fingerprint density at radius 3 is 2.88 bits per heavy atom. The summed E-state index contributed by atoms with van der Waals surface area (Å²) < 4.78 is 5.18. The van der Waals surface area contributed by atoms with Crippen LogP contribution in [0.4, 0.5) is 5.00 Å². The van der Waals surface area contributed by atoms with E-state index in [2.05, 4.69) is 10.4 Å². The predicted molar refractivity (Wildman–Crippen MR) is 66.6 cm³/mol. The summed E-state index contributed by atoms with van der Waals surface area (Å²) in [7, 11) is 1.65. The minimum absolute atomic E-state index is 0.826. The Bertz CT molecular complexity index is 496. The molecule has 0 radical (unpaired) electrons. The Morgan fingerprint density at radius 1 is 1.44 bits per heavy atom. The molecular formula is C11H13N3OS. The SMILES string of the molecule is COc1cccc(-c2nc(C)c(NN)s2)c1. The van der Waals surface area contributed by atoms with Gasteiger partial charge in [0.1, 0.15) is 15.8 Å². The number of nitrogens with one attached hydrogen (secondary N) is 1. The molecule has 1 heterocycles. The van der Waals surface area contributed by atoms with Gasteiger partial charge in [-0.1, -0.05) is 23.5 Å². The molecule has 0 atom stereocenters. The van der Waals surface area contributed by atoms with Gasteiger partial charge in [-0.15, -0.1) is 0 Å². The topological polar surface area (TPSA) is 60.2 Å². The second-order valence-electron chi connectivity index (χ2n) is 3.31. The molecule has 3 N–H and O–H groups in total. The number of ether oxygens (including phenoxy) is 1. The number of hydrazine groups is 1. The first kappa shape index (κ1) is 10.9. The summed E-state index contributed by atoms with van der Waals surface area (Å²) >= 11 is 1.53. The summed E-state index contributed by atoms with van der Waals surface area (Å²) in [5.41, 5.74) is 4.58. The van der Waals surface area contributed by atoms with Gasteiger partial charge in [-0.3, -0.25) is 0 Å². The first-order valence-electron chi connectivity index (χ1n) is 4.83. The molecule has 5 heteroatoms. The number of anilines is 1. The Hall–Kier alpha value is -1.59. The van der Waals surface area contributed by atoms with E-state index in [4.69, 9.17) is 10.6 Å². The third-order valence-electron chi connectivity index (χ3n) is 2.24. The number of nitrogens with zero attached hydrogens (tertiary/aromatic N) is 1. The van der Waals surface area contributed by atoms with Crippen molar-refractivity contribution in [3.8, 4) is 16.3 Å². The first-order valence-corrected chi connectivity index (χ1v) is 5.64. The molecule has 0 aliphatic carbocycles. The van der Waals surface area contributed by atoms with Gasteiger partial charge >= 0.3 is 0 Å². The number of aromatic nitrogens is 1. The van der Waals surface area contributed by atoms with E-state index in [-0.39, 0.29) is 0 Å². The highest BCUT2D eigenvalue weighted by molar-refractivity contribution is 7.19. The van der Waals surface area contributed by atoms with Crippen LogP contribution in [0.15, 0.2) is 24.3 Å². The number of rotatable bonds is 3. The summed E-state index contributed by atoms with van der Waals surface area (Å²) in [5, 5.41) is 1.82. The maximum absolute atomic E-state index is 5.39. The monoisotopic (exact) mass is 235 g/mol. The Morgan fingerprint density at radius 2 is 2.25 bits per heavy atom. The molecule has 0 aliphatic rings. The van der Waals surface area contributed by atoms with Gasteiger partial charge in [0, 0.05) is 5.56 Å². The summed E-state index contributed by atoms with van der Waals surface area (Å²) in [4.78, 5) is 4.45. The molecule has 2 aromatic rings. The van der Waals surface area contributed by atoms with Crippen molar-refractivity contribution in [2.75, 3.05) is 12.5 Å². The van der Waals surface area contributed by atoms with Gasteiger partial charge in [0.2, 0.25) is 0 Å². The lowest BCUT2D eigenvalue weighted by atomic mass is 10.2. The molecule has 0 saturated heterocycles. The van der Waals surface area contributed by atoms with Crippen LogP contribution in [-0.2, 0) is 0 Å². The lowest BCUT2D eigenvalue weighted by molar-refractivity contribution is 0.415. The molecule has 0 saturated carbocycles. The largest absolute Gasteiger partial charge is 0.497 e. The molecule has 84 valence electrons. The van der Waals surface area contributed by atoms with Crippen molar-refractivity contribution in [1.82, 2.24) is 4.98 Å². The van der Waals surface area contributed by atoms with E-state index in [0.29, 0.717) is 0 Å². The van der Waals surface area contributed by atoms with Crippen molar-refractivity contribution in [3.63, 3.8) is 0 Å². The van der Waals surface area contributed by atoms with Gasteiger partial charge in [0.25, 0.3) is 0 Å². The van der Waals surface area contributed by atoms with E-state index in [9.17, 15) is 0 Å². The smallest absolute Gasteiger partial charge is 0.126 e. The minimum atomic E-state index is 0.826. The van der Waals surface area contributed by atoms with Crippen molar-refractivity contribution in [3.05, 3.63) is 30.0 Å².